The number of alkyl halides is 4. The molecule has 0 aromatic carbocycles. The first-order valence-corrected chi connectivity index (χ1v) is 3.46. The Bertz CT molecular complexity index is 329. The van der Waals surface area contributed by atoms with Gasteiger partial charge in [-0.2, -0.15) is 43.9 Å². The van der Waals surface area contributed by atoms with Gasteiger partial charge in [0.1, 0.15) is 0 Å². The van der Waals surface area contributed by atoms with E-state index in [0.717, 1.165) is 0 Å². The molecular formula is C6F10O2. The van der Waals surface area contributed by atoms with E-state index in [-0.39, 0.29) is 0 Å². The maximum absolute atomic E-state index is 12.3. The molecule has 0 radical (unpaired) electrons. The molecule has 0 aromatic rings. The smallest absolute Gasteiger partial charge is 0.395 e. The fourth-order valence-electron chi connectivity index (χ4n) is 0.421. The number of hydrogen-bond acceptors (Lipinski definition) is 2. The highest BCUT2D eigenvalue weighted by Gasteiger charge is 2.64. The molecule has 18 heavy (non-hydrogen) atoms. The van der Waals surface area contributed by atoms with Crippen LogP contribution in [-0.2, 0) is 9.47 Å². The van der Waals surface area contributed by atoms with E-state index in [0.29, 0.717) is 0 Å². The molecule has 0 spiro atoms. The maximum Gasteiger partial charge on any atom is 0.509 e. The molecule has 0 N–H and O–H groups in total. The second-order valence-corrected chi connectivity index (χ2v) is 2.31. The summed E-state index contributed by atoms with van der Waals surface area (Å²) in [5, 5.41) is 0. The van der Waals surface area contributed by atoms with Crippen molar-refractivity contribution in [3.05, 3.63) is 24.2 Å². The van der Waals surface area contributed by atoms with Crippen LogP contribution in [0, 0.1) is 0 Å². The van der Waals surface area contributed by atoms with Gasteiger partial charge in [-0.05, 0) is 0 Å². The number of hydrogen-bond donors (Lipinski definition) is 0. The van der Waals surface area contributed by atoms with E-state index >= 15 is 0 Å². The molecular weight excluding hydrogens is 294 g/mol. The van der Waals surface area contributed by atoms with E-state index in [1.807, 2.05) is 0 Å². The number of ether oxygens (including phenoxy) is 2. The summed E-state index contributed by atoms with van der Waals surface area (Å²) in [6, 6.07) is -6.82. The summed E-state index contributed by atoms with van der Waals surface area (Å²) in [7, 11) is 0. The molecule has 0 aliphatic heterocycles. The van der Waals surface area contributed by atoms with Crippen molar-refractivity contribution < 1.29 is 53.4 Å². The van der Waals surface area contributed by atoms with E-state index in [4.69, 9.17) is 0 Å². The van der Waals surface area contributed by atoms with Crippen LogP contribution >= 0.6 is 0 Å². The zero-order valence-electron chi connectivity index (χ0n) is 7.60. The predicted molar refractivity (Wildman–Crippen MR) is 32.8 cm³/mol. The summed E-state index contributed by atoms with van der Waals surface area (Å²) in [5.41, 5.74) is 0. The van der Waals surface area contributed by atoms with E-state index in [1.165, 1.54) is 0 Å². The van der Waals surface area contributed by atoms with Crippen LogP contribution < -0.4 is 0 Å². The van der Waals surface area contributed by atoms with Crippen molar-refractivity contribution in [1.29, 1.82) is 0 Å². The lowest BCUT2D eigenvalue weighted by Crippen LogP contribution is -2.44. The minimum absolute atomic E-state index is 2.17. The molecule has 106 valence electrons. The summed E-state index contributed by atoms with van der Waals surface area (Å²) >= 11 is 0. The summed E-state index contributed by atoms with van der Waals surface area (Å²) < 4.78 is 122. The molecule has 0 heterocycles. The maximum atomic E-state index is 12.3. The second kappa shape index (κ2) is 5.35. The van der Waals surface area contributed by atoms with Crippen molar-refractivity contribution in [2.75, 3.05) is 0 Å². The summed E-state index contributed by atoms with van der Waals surface area (Å²) in [6.45, 7) is 0. The Kier molecular flexibility index (Phi) is 4.87. The minimum Gasteiger partial charge on any atom is -0.395 e. The molecule has 0 saturated heterocycles. The van der Waals surface area contributed by atoms with Crippen molar-refractivity contribution in [3.8, 4) is 0 Å². The first-order chi connectivity index (χ1) is 7.90. The van der Waals surface area contributed by atoms with Gasteiger partial charge in [-0.25, -0.2) is 0 Å². The van der Waals surface area contributed by atoms with Crippen LogP contribution in [0.25, 0.3) is 0 Å². The van der Waals surface area contributed by atoms with Gasteiger partial charge < -0.3 is 9.47 Å². The lowest BCUT2D eigenvalue weighted by atomic mass is 10.5. The summed E-state index contributed by atoms with van der Waals surface area (Å²) in [6.07, 6.45) is -19.4. The third-order valence-corrected chi connectivity index (χ3v) is 1.07. The molecule has 0 atom stereocenters. The topological polar surface area (TPSA) is 18.5 Å². The van der Waals surface area contributed by atoms with Crippen LogP contribution in [0.15, 0.2) is 24.2 Å². The molecule has 0 fully saturated rings. The van der Waals surface area contributed by atoms with Gasteiger partial charge in [0.2, 0.25) is 0 Å². The Morgan fingerprint density at radius 2 is 0.778 bits per heavy atom. The van der Waals surface area contributed by atoms with Crippen LogP contribution in [0.3, 0.4) is 0 Å². The van der Waals surface area contributed by atoms with E-state index < -0.39 is 36.4 Å². The Morgan fingerprint density at radius 1 is 0.556 bits per heavy atom. The van der Waals surface area contributed by atoms with Gasteiger partial charge in [-0.3, -0.25) is 0 Å². The highest BCUT2D eigenvalue weighted by atomic mass is 19.3. The minimum atomic E-state index is -6.16. The Morgan fingerprint density at radius 3 is 0.944 bits per heavy atom. The first-order valence-electron chi connectivity index (χ1n) is 3.46. The third-order valence-electron chi connectivity index (χ3n) is 1.07. The molecule has 0 aromatic heterocycles. The molecule has 0 unspecified atom stereocenters. The standard InChI is InChI=1S/C6F10O2/c7-1(8)3(11)17-5(13,14)6(15,16)18-4(12)2(9)10. The molecule has 0 aliphatic rings. The van der Waals surface area contributed by atoms with Gasteiger partial charge in [0.05, 0.1) is 0 Å². The van der Waals surface area contributed by atoms with Crippen LogP contribution in [0.1, 0.15) is 0 Å². The normalized spacial score (nSPS) is 11.9. The van der Waals surface area contributed by atoms with Crippen LogP contribution in [0.4, 0.5) is 43.9 Å². The van der Waals surface area contributed by atoms with Gasteiger partial charge >= 0.3 is 36.4 Å². The van der Waals surface area contributed by atoms with Gasteiger partial charge in [0.25, 0.3) is 0 Å². The fourth-order valence-corrected chi connectivity index (χ4v) is 0.421. The Hall–Kier alpha value is -1.62. The SMILES string of the molecule is FC(F)=C(F)OC(F)(F)C(F)(F)OC(F)=C(F)F. The van der Waals surface area contributed by atoms with Gasteiger partial charge in [-0.15, -0.1) is 0 Å². The zero-order valence-corrected chi connectivity index (χ0v) is 7.60. The average Bonchev–Trinajstić information content (AvgIpc) is 2.15. The largest absolute Gasteiger partial charge is 0.509 e. The monoisotopic (exact) mass is 294 g/mol. The number of halogens is 10. The van der Waals surface area contributed by atoms with Crippen molar-refractivity contribution in [3.63, 3.8) is 0 Å². The fraction of sp³-hybridized carbons (Fsp3) is 0.333. The predicted octanol–water partition coefficient (Wildman–Crippen LogP) is 4.28. The van der Waals surface area contributed by atoms with E-state index in [9.17, 15) is 43.9 Å². The lowest BCUT2D eigenvalue weighted by Gasteiger charge is -2.23. The molecule has 12 heteroatoms. The highest BCUT2D eigenvalue weighted by molar-refractivity contribution is 4.87. The average molecular weight is 294 g/mol. The van der Waals surface area contributed by atoms with E-state index in [1.54, 1.807) is 0 Å². The zero-order chi connectivity index (χ0) is 14.7. The molecule has 0 saturated carbocycles. The van der Waals surface area contributed by atoms with Gasteiger partial charge in [0, 0.05) is 0 Å². The molecule has 0 aliphatic carbocycles. The Balaban J connectivity index is 5.09. The van der Waals surface area contributed by atoms with Crippen molar-refractivity contribution in [2.45, 2.75) is 12.2 Å². The van der Waals surface area contributed by atoms with Crippen molar-refractivity contribution in [2.24, 2.45) is 0 Å². The Labute approximate surface area is 91.1 Å². The highest BCUT2D eigenvalue weighted by Crippen LogP contribution is 2.40. The van der Waals surface area contributed by atoms with Gasteiger partial charge in [-0.1, -0.05) is 0 Å². The first kappa shape index (κ1) is 16.4. The van der Waals surface area contributed by atoms with Crippen LogP contribution in [0.5, 0.6) is 0 Å². The molecule has 2 nitrogen and oxygen atoms in total. The molecule has 0 rings (SSSR count). The third kappa shape index (κ3) is 4.00. The molecule has 0 bridgehead atoms. The van der Waals surface area contributed by atoms with E-state index in [2.05, 4.69) is 9.47 Å². The van der Waals surface area contributed by atoms with Crippen LogP contribution in [-0.4, -0.2) is 12.2 Å². The van der Waals surface area contributed by atoms with Crippen molar-refractivity contribution >= 4 is 0 Å². The lowest BCUT2D eigenvalue weighted by molar-refractivity contribution is -0.420. The van der Waals surface area contributed by atoms with Crippen molar-refractivity contribution in [1.82, 2.24) is 0 Å². The summed E-state index contributed by atoms with van der Waals surface area (Å²) in [5.74, 6) is 0. The summed E-state index contributed by atoms with van der Waals surface area (Å²) in [4.78, 5) is 0. The van der Waals surface area contributed by atoms with Crippen LogP contribution in [0.2, 0.25) is 0 Å². The molecule has 0 amide bonds. The number of rotatable bonds is 5. The quantitative estimate of drug-likeness (QED) is 0.556. The second-order valence-electron chi connectivity index (χ2n) is 2.31. The van der Waals surface area contributed by atoms with Gasteiger partial charge in [0.15, 0.2) is 0 Å².